The van der Waals surface area contributed by atoms with Gasteiger partial charge in [0.1, 0.15) is 0 Å². The molecule has 0 spiro atoms. The summed E-state index contributed by atoms with van der Waals surface area (Å²) in [5.41, 5.74) is 0.542. The van der Waals surface area contributed by atoms with Gasteiger partial charge < -0.3 is 4.90 Å². The smallest absolute Gasteiger partial charge is 0.262 e. The Labute approximate surface area is 200 Å². The molecule has 1 amide bonds. The summed E-state index contributed by atoms with van der Waals surface area (Å²) in [5, 5.41) is 18.8. The Hall–Kier alpha value is -2.84. The third kappa shape index (κ3) is 8.55. The van der Waals surface area contributed by atoms with Crippen LogP contribution in [0.5, 0.6) is 0 Å². The fourth-order valence-corrected chi connectivity index (χ4v) is 4.51. The predicted molar refractivity (Wildman–Crippen MR) is 132 cm³/mol. The molecule has 0 saturated carbocycles. The number of hydrogen-bond acceptors (Lipinski definition) is 6. The molecule has 8 heteroatoms. The SMILES string of the molecule is CC(C)CCCCCCn1c(SCC(=O)N(CCC#N)CCC#N)nc2ccccc2c1=O. The molecular weight excluding hydrogens is 434 g/mol. The lowest BCUT2D eigenvalue weighted by atomic mass is 10.0. The number of thioether (sulfide) groups is 1. The van der Waals surface area contributed by atoms with E-state index in [4.69, 9.17) is 10.5 Å². The lowest BCUT2D eigenvalue weighted by Crippen LogP contribution is -2.34. The van der Waals surface area contributed by atoms with Gasteiger partial charge in [-0.1, -0.05) is 63.4 Å². The van der Waals surface area contributed by atoms with Gasteiger partial charge in [0.05, 0.1) is 41.6 Å². The van der Waals surface area contributed by atoms with Crippen molar-refractivity contribution in [3.05, 3.63) is 34.6 Å². The molecular formula is C25H33N5O2S. The minimum absolute atomic E-state index is 0.0800. The van der Waals surface area contributed by atoms with Crippen LogP contribution in [-0.4, -0.2) is 39.2 Å². The van der Waals surface area contributed by atoms with Crippen LogP contribution in [0.15, 0.2) is 34.2 Å². The van der Waals surface area contributed by atoms with Crippen molar-refractivity contribution < 1.29 is 4.79 Å². The van der Waals surface area contributed by atoms with Gasteiger partial charge in [-0.2, -0.15) is 10.5 Å². The minimum atomic E-state index is -0.159. The van der Waals surface area contributed by atoms with Crippen LogP contribution in [0.2, 0.25) is 0 Å². The summed E-state index contributed by atoms with van der Waals surface area (Å²) in [6, 6.07) is 11.4. The first-order chi connectivity index (χ1) is 16.0. The molecule has 0 aliphatic heterocycles. The molecule has 2 rings (SSSR count). The molecule has 1 aromatic heterocycles. The third-order valence-corrected chi connectivity index (χ3v) is 6.37. The summed E-state index contributed by atoms with van der Waals surface area (Å²) in [4.78, 5) is 32.1. The summed E-state index contributed by atoms with van der Waals surface area (Å²) in [6.07, 6.45) is 5.92. The maximum Gasteiger partial charge on any atom is 0.262 e. The molecule has 0 aliphatic rings. The van der Waals surface area contributed by atoms with Crippen LogP contribution in [0.25, 0.3) is 10.9 Å². The van der Waals surface area contributed by atoms with Crippen molar-refractivity contribution in [1.82, 2.24) is 14.5 Å². The second kappa shape index (κ2) is 14.3. The maximum atomic E-state index is 13.2. The number of fused-ring (bicyclic) bond motifs is 1. The zero-order valence-electron chi connectivity index (χ0n) is 19.6. The van der Waals surface area contributed by atoms with Crippen molar-refractivity contribution in [2.75, 3.05) is 18.8 Å². The van der Waals surface area contributed by atoms with E-state index in [2.05, 4.69) is 18.8 Å². The Morgan fingerprint density at radius 1 is 1.09 bits per heavy atom. The Balaban J connectivity index is 2.13. The number of carbonyl (C=O) groups excluding carboxylic acids is 1. The monoisotopic (exact) mass is 467 g/mol. The van der Waals surface area contributed by atoms with E-state index in [0.717, 1.165) is 19.3 Å². The number of carbonyl (C=O) groups is 1. The maximum absolute atomic E-state index is 13.2. The number of unbranched alkanes of at least 4 members (excludes halogenated alkanes) is 3. The van der Waals surface area contributed by atoms with Crippen LogP contribution in [0, 0.1) is 28.6 Å². The molecule has 0 radical (unpaired) electrons. The van der Waals surface area contributed by atoms with Crippen LogP contribution in [0.3, 0.4) is 0 Å². The second-order valence-electron chi connectivity index (χ2n) is 8.45. The van der Waals surface area contributed by atoms with Gasteiger partial charge in [0.25, 0.3) is 5.56 Å². The van der Waals surface area contributed by atoms with E-state index in [1.165, 1.54) is 29.5 Å². The van der Waals surface area contributed by atoms with Crippen LogP contribution in [-0.2, 0) is 11.3 Å². The third-order valence-electron chi connectivity index (χ3n) is 5.40. The zero-order chi connectivity index (χ0) is 24.1. The molecule has 0 fully saturated rings. The summed E-state index contributed by atoms with van der Waals surface area (Å²) in [5.74, 6) is 0.655. The predicted octanol–water partition coefficient (Wildman–Crippen LogP) is 4.75. The highest BCUT2D eigenvalue weighted by atomic mass is 32.2. The van der Waals surface area contributed by atoms with Gasteiger partial charge in [-0.3, -0.25) is 14.2 Å². The molecule has 1 aromatic carbocycles. The fourth-order valence-electron chi connectivity index (χ4n) is 3.58. The van der Waals surface area contributed by atoms with E-state index in [9.17, 15) is 9.59 Å². The van der Waals surface area contributed by atoms with Crippen molar-refractivity contribution in [3.63, 3.8) is 0 Å². The van der Waals surface area contributed by atoms with Gasteiger partial charge in [-0.15, -0.1) is 0 Å². The first kappa shape index (κ1) is 26.4. The van der Waals surface area contributed by atoms with Gasteiger partial charge in [0, 0.05) is 19.6 Å². The molecule has 1 heterocycles. The van der Waals surface area contributed by atoms with E-state index >= 15 is 0 Å². The van der Waals surface area contributed by atoms with Gasteiger partial charge in [0.15, 0.2) is 5.16 Å². The summed E-state index contributed by atoms with van der Waals surface area (Å²) >= 11 is 1.25. The topological polar surface area (TPSA) is 103 Å². The van der Waals surface area contributed by atoms with Crippen LogP contribution in [0.4, 0.5) is 0 Å². The zero-order valence-corrected chi connectivity index (χ0v) is 20.4. The lowest BCUT2D eigenvalue weighted by molar-refractivity contribution is -0.128. The van der Waals surface area contributed by atoms with Crippen molar-refractivity contribution in [2.24, 2.45) is 5.92 Å². The molecule has 0 unspecified atom stereocenters. The number of nitriles is 2. The van der Waals surface area contributed by atoms with Gasteiger partial charge in [-0.05, 0) is 24.5 Å². The van der Waals surface area contributed by atoms with Crippen LogP contribution in [0.1, 0.15) is 58.8 Å². The quantitative estimate of drug-likeness (QED) is 0.226. The normalized spacial score (nSPS) is 10.8. The largest absolute Gasteiger partial charge is 0.340 e. The van der Waals surface area contributed by atoms with E-state index in [1.807, 2.05) is 30.3 Å². The van der Waals surface area contributed by atoms with Gasteiger partial charge in [0.2, 0.25) is 5.91 Å². The van der Waals surface area contributed by atoms with E-state index in [-0.39, 0.29) is 30.1 Å². The van der Waals surface area contributed by atoms with E-state index in [0.29, 0.717) is 41.6 Å². The molecule has 7 nitrogen and oxygen atoms in total. The average Bonchev–Trinajstić information content (AvgIpc) is 2.81. The fraction of sp³-hybridized carbons (Fsp3) is 0.560. The number of para-hydroxylation sites is 1. The number of aromatic nitrogens is 2. The molecule has 2 aromatic rings. The highest BCUT2D eigenvalue weighted by Gasteiger charge is 2.17. The molecule has 0 bridgehead atoms. The number of hydrogen-bond donors (Lipinski definition) is 0. The summed E-state index contributed by atoms with van der Waals surface area (Å²) < 4.78 is 1.69. The lowest BCUT2D eigenvalue weighted by Gasteiger charge is -2.20. The van der Waals surface area contributed by atoms with Crippen LogP contribution < -0.4 is 5.56 Å². The Bertz CT molecular complexity index is 1030. The molecule has 0 N–H and O–H groups in total. The Morgan fingerprint density at radius 3 is 2.42 bits per heavy atom. The van der Waals surface area contributed by atoms with Gasteiger partial charge >= 0.3 is 0 Å². The van der Waals surface area contributed by atoms with Crippen molar-refractivity contribution >= 4 is 28.6 Å². The highest BCUT2D eigenvalue weighted by molar-refractivity contribution is 7.99. The number of nitrogens with zero attached hydrogens (tertiary/aromatic N) is 5. The first-order valence-electron chi connectivity index (χ1n) is 11.6. The molecule has 0 atom stereocenters. The minimum Gasteiger partial charge on any atom is -0.340 e. The highest BCUT2D eigenvalue weighted by Crippen LogP contribution is 2.20. The molecule has 176 valence electrons. The molecule has 0 aliphatic carbocycles. The van der Waals surface area contributed by atoms with Crippen molar-refractivity contribution in [3.8, 4) is 12.1 Å². The van der Waals surface area contributed by atoms with Crippen LogP contribution >= 0.6 is 11.8 Å². The number of benzene rings is 1. The number of amides is 1. The number of rotatable bonds is 14. The van der Waals surface area contributed by atoms with Gasteiger partial charge in [-0.25, -0.2) is 4.98 Å². The molecule has 0 saturated heterocycles. The summed E-state index contributed by atoms with van der Waals surface area (Å²) in [7, 11) is 0. The van der Waals surface area contributed by atoms with Crippen molar-refractivity contribution in [1.29, 1.82) is 10.5 Å². The Morgan fingerprint density at radius 2 is 1.76 bits per heavy atom. The first-order valence-corrected chi connectivity index (χ1v) is 12.6. The standard InChI is InChI=1S/C25H33N5O2S/c1-20(2)11-5-3-4-8-18-30-24(32)21-12-6-7-13-22(21)28-25(30)33-19-23(31)29(16-9-14-26)17-10-15-27/h6-7,12-13,20H,3-5,8-11,16-19H2,1-2H3. The van der Waals surface area contributed by atoms with E-state index in [1.54, 1.807) is 10.6 Å². The second-order valence-corrected chi connectivity index (χ2v) is 9.39. The van der Waals surface area contributed by atoms with Crippen molar-refractivity contribution in [2.45, 2.75) is 70.5 Å². The average molecular weight is 468 g/mol. The van der Waals surface area contributed by atoms with E-state index < -0.39 is 0 Å². The Kier molecular flexibility index (Phi) is 11.5. The molecule has 33 heavy (non-hydrogen) atoms. The summed E-state index contributed by atoms with van der Waals surface area (Å²) in [6.45, 7) is 5.62.